The fraction of sp³-hybridized carbons (Fsp3) is 0.200. The number of aryl methyl sites for hydroxylation is 1. The van der Waals surface area contributed by atoms with Gasteiger partial charge in [-0.1, -0.05) is 30.3 Å². The molecule has 0 saturated heterocycles. The van der Waals surface area contributed by atoms with Gasteiger partial charge in [0.05, 0.1) is 6.04 Å². The minimum absolute atomic E-state index is 0.0331. The molecule has 2 heterocycles. The van der Waals surface area contributed by atoms with Crippen LogP contribution in [-0.2, 0) is 6.54 Å². The van der Waals surface area contributed by atoms with Crippen molar-refractivity contribution in [2.24, 2.45) is 0 Å². The highest BCUT2D eigenvalue weighted by atomic mass is 16.1. The minimum atomic E-state index is -0.234. The van der Waals surface area contributed by atoms with Crippen LogP contribution in [0.25, 0.3) is 0 Å². The van der Waals surface area contributed by atoms with E-state index in [2.05, 4.69) is 25.6 Å². The molecular weight excluding hydrogens is 326 g/mol. The van der Waals surface area contributed by atoms with Gasteiger partial charge in [0, 0.05) is 24.6 Å². The monoisotopic (exact) mass is 347 g/mol. The number of benzene rings is 1. The Morgan fingerprint density at radius 1 is 1.08 bits per heavy atom. The number of nitrogens with one attached hydrogen (secondary N) is 2. The van der Waals surface area contributed by atoms with Crippen LogP contribution in [0.4, 0.5) is 5.95 Å². The second-order valence-electron chi connectivity index (χ2n) is 6.03. The Bertz CT molecular complexity index is 868. The molecule has 1 unspecified atom stereocenters. The average molecular weight is 347 g/mol. The summed E-state index contributed by atoms with van der Waals surface area (Å²) in [7, 11) is 0. The summed E-state index contributed by atoms with van der Waals surface area (Å²) in [5.74, 6) is 0.207. The quantitative estimate of drug-likeness (QED) is 0.715. The molecular formula is C20H21N5O. The maximum atomic E-state index is 12.4. The Labute approximate surface area is 152 Å². The first-order valence-corrected chi connectivity index (χ1v) is 8.46. The van der Waals surface area contributed by atoms with Gasteiger partial charge in [0.15, 0.2) is 0 Å². The molecule has 6 nitrogen and oxygen atoms in total. The lowest BCUT2D eigenvalue weighted by molar-refractivity contribution is 0.0945. The van der Waals surface area contributed by atoms with Crippen molar-refractivity contribution in [3.63, 3.8) is 0 Å². The maximum Gasteiger partial charge on any atom is 0.270 e. The molecule has 0 bridgehead atoms. The van der Waals surface area contributed by atoms with Gasteiger partial charge in [-0.15, -0.1) is 0 Å². The Morgan fingerprint density at radius 3 is 2.54 bits per heavy atom. The number of hydrogen-bond donors (Lipinski definition) is 2. The number of nitrogens with zero attached hydrogens (tertiary/aromatic N) is 3. The smallest absolute Gasteiger partial charge is 0.270 e. The molecule has 3 aromatic rings. The van der Waals surface area contributed by atoms with Crippen LogP contribution < -0.4 is 10.6 Å². The first kappa shape index (κ1) is 17.5. The van der Waals surface area contributed by atoms with Crippen molar-refractivity contribution in [1.82, 2.24) is 20.3 Å². The molecule has 0 aliphatic carbocycles. The highest BCUT2D eigenvalue weighted by Gasteiger charge is 2.12. The third kappa shape index (κ3) is 4.63. The van der Waals surface area contributed by atoms with E-state index in [4.69, 9.17) is 0 Å². The summed E-state index contributed by atoms with van der Waals surface area (Å²) >= 11 is 0. The van der Waals surface area contributed by atoms with Crippen molar-refractivity contribution >= 4 is 11.9 Å². The molecule has 2 aromatic heterocycles. The summed E-state index contributed by atoms with van der Waals surface area (Å²) in [6.07, 6.45) is 3.40. The zero-order valence-corrected chi connectivity index (χ0v) is 14.8. The normalized spacial score (nSPS) is 11.6. The fourth-order valence-corrected chi connectivity index (χ4v) is 2.54. The van der Waals surface area contributed by atoms with E-state index in [1.807, 2.05) is 56.3 Å². The zero-order valence-electron chi connectivity index (χ0n) is 14.8. The molecule has 0 saturated carbocycles. The van der Waals surface area contributed by atoms with Crippen LogP contribution in [0.2, 0.25) is 0 Å². The van der Waals surface area contributed by atoms with Gasteiger partial charge in [-0.25, -0.2) is 9.97 Å². The summed E-state index contributed by atoms with van der Waals surface area (Å²) < 4.78 is 0. The molecule has 0 aliphatic rings. The lowest BCUT2D eigenvalue weighted by Gasteiger charge is -2.15. The van der Waals surface area contributed by atoms with Gasteiger partial charge >= 0.3 is 0 Å². The lowest BCUT2D eigenvalue weighted by Crippen LogP contribution is -2.24. The van der Waals surface area contributed by atoms with E-state index in [-0.39, 0.29) is 11.9 Å². The SMILES string of the molecule is Cc1cc(C(=O)NCc2ccncc2)nc(NC(C)c2ccccc2)n1. The number of aromatic nitrogens is 3. The Morgan fingerprint density at radius 2 is 1.81 bits per heavy atom. The van der Waals surface area contributed by atoms with Crippen molar-refractivity contribution in [3.05, 3.63) is 83.4 Å². The van der Waals surface area contributed by atoms with Crippen molar-refractivity contribution < 1.29 is 4.79 Å². The van der Waals surface area contributed by atoms with Gasteiger partial charge in [0.25, 0.3) is 5.91 Å². The number of rotatable bonds is 6. The number of anilines is 1. The van der Waals surface area contributed by atoms with Crippen LogP contribution >= 0.6 is 0 Å². The standard InChI is InChI=1S/C20H21N5O/c1-14-12-18(19(26)22-13-16-8-10-21-11-9-16)25-20(23-14)24-15(2)17-6-4-3-5-7-17/h3-12,15H,13H2,1-2H3,(H,22,26)(H,23,24,25). The molecule has 132 valence electrons. The number of carbonyl (C=O) groups is 1. The summed E-state index contributed by atoms with van der Waals surface area (Å²) in [6.45, 7) is 4.30. The summed E-state index contributed by atoms with van der Waals surface area (Å²) in [5, 5.41) is 6.13. The Kier molecular flexibility index (Phi) is 5.53. The Hall–Kier alpha value is -3.28. The van der Waals surface area contributed by atoms with Crippen LogP contribution in [0.3, 0.4) is 0 Å². The molecule has 0 radical (unpaired) electrons. The lowest BCUT2D eigenvalue weighted by atomic mass is 10.1. The third-order valence-electron chi connectivity index (χ3n) is 3.93. The van der Waals surface area contributed by atoms with E-state index in [9.17, 15) is 4.79 Å². The second-order valence-corrected chi connectivity index (χ2v) is 6.03. The van der Waals surface area contributed by atoms with Crippen LogP contribution in [0.5, 0.6) is 0 Å². The first-order chi connectivity index (χ1) is 12.6. The third-order valence-corrected chi connectivity index (χ3v) is 3.93. The van der Waals surface area contributed by atoms with E-state index in [0.717, 1.165) is 16.8 Å². The molecule has 26 heavy (non-hydrogen) atoms. The molecule has 0 spiro atoms. The number of pyridine rings is 1. The van der Waals surface area contributed by atoms with Gasteiger partial charge in [-0.3, -0.25) is 9.78 Å². The highest BCUT2D eigenvalue weighted by Crippen LogP contribution is 2.17. The molecule has 1 aromatic carbocycles. The summed E-state index contributed by atoms with van der Waals surface area (Å²) in [5.41, 5.74) is 3.18. The largest absolute Gasteiger partial charge is 0.348 e. The number of carbonyl (C=O) groups excluding carboxylic acids is 1. The van der Waals surface area contributed by atoms with Crippen molar-refractivity contribution in [3.8, 4) is 0 Å². The molecule has 0 fully saturated rings. The van der Waals surface area contributed by atoms with E-state index in [1.54, 1.807) is 18.5 Å². The van der Waals surface area contributed by atoms with Gasteiger partial charge in [0.1, 0.15) is 5.69 Å². The van der Waals surface area contributed by atoms with Gasteiger partial charge in [-0.2, -0.15) is 0 Å². The van der Waals surface area contributed by atoms with Crippen LogP contribution in [0.15, 0.2) is 60.9 Å². The Balaban J connectivity index is 1.69. The fourth-order valence-electron chi connectivity index (χ4n) is 2.54. The van der Waals surface area contributed by atoms with Gasteiger partial charge < -0.3 is 10.6 Å². The molecule has 6 heteroatoms. The van der Waals surface area contributed by atoms with Crippen molar-refractivity contribution in [2.45, 2.75) is 26.4 Å². The van der Waals surface area contributed by atoms with Gasteiger partial charge in [-0.05, 0) is 43.2 Å². The predicted octanol–water partition coefficient (Wildman–Crippen LogP) is 3.28. The number of hydrogen-bond acceptors (Lipinski definition) is 5. The summed E-state index contributed by atoms with van der Waals surface area (Å²) in [4.78, 5) is 25.2. The second kappa shape index (κ2) is 8.20. The molecule has 2 N–H and O–H groups in total. The predicted molar refractivity (Wildman–Crippen MR) is 101 cm³/mol. The van der Waals surface area contributed by atoms with E-state index >= 15 is 0 Å². The van der Waals surface area contributed by atoms with Crippen molar-refractivity contribution in [1.29, 1.82) is 0 Å². The zero-order chi connectivity index (χ0) is 18.4. The summed E-state index contributed by atoms with van der Waals surface area (Å²) in [6, 6.07) is 15.5. The maximum absolute atomic E-state index is 12.4. The topological polar surface area (TPSA) is 79.8 Å². The molecule has 3 rings (SSSR count). The van der Waals surface area contributed by atoms with E-state index < -0.39 is 0 Å². The van der Waals surface area contributed by atoms with E-state index in [0.29, 0.717) is 18.2 Å². The highest BCUT2D eigenvalue weighted by molar-refractivity contribution is 5.92. The van der Waals surface area contributed by atoms with Crippen molar-refractivity contribution in [2.75, 3.05) is 5.32 Å². The minimum Gasteiger partial charge on any atom is -0.348 e. The first-order valence-electron chi connectivity index (χ1n) is 8.46. The number of amides is 1. The van der Waals surface area contributed by atoms with Gasteiger partial charge in [0.2, 0.25) is 5.95 Å². The molecule has 1 atom stereocenters. The van der Waals surface area contributed by atoms with Crippen LogP contribution in [0, 0.1) is 6.92 Å². The van der Waals surface area contributed by atoms with Crippen LogP contribution in [0.1, 0.15) is 40.3 Å². The van der Waals surface area contributed by atoms with E-state index in [1.165, 1.54) is 0 Å². The average Bonchev–Trinajstić information content (AvgIpc) is 2.67. The molecule has 0 aliphatic heterocycles. The van der Waals surface area contributed by atoms with Crippen LogP contribution in [-0.4, -0.2) is 20.9 Å². The molecule has 1 amide bonds.